The number of hydrogen-bond acceptors (Lipinski definition) is 4. The van der Waals surface area contributed by atoms with E-state index >= 15 is 0 Å². The van der Waals surface area contributed by atoms with Gasteiger partial charge in [-0.25, -0.2) is 4.39 Å². The van der Waals surface area contributed by atoms with Crippen molar-refractivity contribution in [2.75, 3.05) is 18.0 Å². The lowest BCUT2D eigenvalue weighted by Gasteiger charge is -2.21. The number of pyridine rings is 1. The van der Waals surface area contributed by atoms with E-state index in [1.165, 1.54) is 13.0 Å². The lowest BCUT2D eigenvalue weighted by atomic mass is 10.1. The van der Waals surface area contributed by atoms with Crippen molar-refractivity contribution in [1.82, 2.24) is 4.98 Å². The Hall–Kier alpha value is -2.27. The van der Waals surface area contributed by atoms with Crippen LogP contribution in [0.3, 0.4) is 0 Å². The van der Waals surface area contributed by atoms with Gasteiger partial charge in [0.2, 0.25) is 0 Å². The SMILES string of the molecule is CC(=O)c1c(F)cccc1N1CC[C@H](OCc2ccncc2)C1. The molecule has 0 unspecified atom stereocenters. The summed E-state index contributed by atoms with van der Waals surface area (Å²) in [4.78, 5) is 17.7. The van der Waals surface area contributed by atoms with E-state index in [0.29, 0.717) is 18.8 Å². The molecule has 0 saturated carbocycles. The first-order chi connectivity index (χ1) is 11.1. The molecule has 2 aromatic rings. The van der Waals surface area contributed by atoms with Gasteiger partial charge in [-0.05, 0) is 43.2 Å². The number of halogens is 1. The summed E-state index contributed by atoms with van der Waals surface area (Å²) >= 11 is 0. The highest BCUT2D eigenvalue weighted by atomic mass is 19.1. The Balaban J connectivity index is 1.66. The molecule has 1 aliphatic rings. The summed E-state index contributed by atoms with van der Waals surface area (Å²) in [6.45, 7) is 3.35. The van der Waals surface area contributed by atoms with E-state index in [0.717, 1.165) is 18.5 Å². The lowest BCUT2D eigenvalue weighted by Crippen LogP contribution is -2.24. The molecular formula is C18H19FN2O2. The highest BCUT2D eigenvalue weighted by molar-refractivity contribution is 6.00. The fourth-order valence-electron chi connectivity index (χ4n) is 2.90. The van der Waals surface area contributed by atoms with Crippen LogP contribution in [0.2, 0.25) is 0 Å². The molecule has 2 heterocycles. The Bertz CT molecular complexity index is 691. The number of carbonyl (C=O) groups excluding carboxylic acids is 1. The zero-order valence-corrected chi connectivity index (χ0v) is 13.0. The van der Waals surface area contributed by atoms with Gasteiger partial charge in [-0.3, -0.25) is 9.78 Å². The van der Waals surface area contributed by atoms with E-state index in [2.05, 4.69) is 4.98 Å². The topological polar surface area (TPSA) is 42.4 Å². The summed E-state index contributed by atoms with van der Waals surface area (Å²) in [6, 6.07) is 8.61. The molecule has 1 atom stereocenters. The minimum atomic E-state index is -0.462. The van der Waals surface area contributed by atoms with Crippen LogP contribution in [-0.4, -0.2) is 30.0 Å². The van der Waals surface area contributed by atoms with E-state index in [1.54, 1.807) is 24.5 Å². The van der Waals surface area contributed by atoms with Crippen molar-refractivity contribution in [2.45, 2.75) is 26.1 Å². The molecule has 0 spiro atoms. The maximum atomic E-state index is 13.9. The summed E-state index contributed by atoms with van der Waals surface area (Å²) in [7, 11) is 0. The average Bonchev–Trinajstić information content (AvgIpc) is 3.02. The van der Waals surface area contributed by atoms with Crippen molar-refractivity contribution in [3.63, 3.8) is 0 Å². The molecular weight excluding hydrogens is 295 g/mol. The normalized spacial score (nSPS) is 17.5. The van der Waals surface area contributed by atoms with Gasteiger partial charge >= 0.3 is 0 Å². The molecule has 1 aromatic carbocycles. The smallest absolute Gasteiger partial charge is 0.164 e. The Morgan fingerprint density at radius 3 is 2.87 bits per heavy atom. The molecule has 0 bridgehead atoms. The molecule has 0 aliphatic carbocycles. The highest BCUT2D eigenvalue weighted by Gasteiger charge is 2.26. The van der Waals surface area contributed by atoms with Crippen molar-refractivity contribution >= 4 is 11.5 Å². The molecule has 0 amide bonds. The zero-order valence-electron chi connectivity index (χ0n) is 13.0. The summed E-state index contributed by atoms with van der Waals surface area (Å²) in [5, 5.41) is 0. The molecule has 3 rings (SSSR count). The van der Waals surface area contributed by atoms with Crippen LogP contribution in [0, 0.1) is 5.82 Å². The molecule has 4 nitrogen and oxygen atoms in total. The van der Waals surface area contributed by atoms with Crippen molar-refractivity contribution in [3.05, 3.63) is 59.7 Å². The number of carbonyl (C=O) groups is 1. The lowest BCUT2D eigenvalue weighted by molar-refractivity contribution is 0.0553. The maximum Gasteiger partial charge on any atom is 0.164 e. The van der Waals surface area contributed by atoms with Gasteiger partial charge in [0, 0.05) is 25.5 Å². The standard InChI is InChI=1S/C18H19FN2O2/c1-13(22)18-16(19)3-2-4-17(18)21-10-7-15(11-21)23-12-14-5-8-20-9-6-14/h2-6,8-9,15H,7,10-12H2,1H3/t15-/m0/s1. The first-order valence-electron chi connectivity index (χ1n) is 7.70. The van der Waals surface area contributed by atoms with Crippen LogP contribution in [0.15, 0.2) is 42.7 Å². The monoisotopic (exact) mass is 314 g/mol. The van der Waals surface area contributed by atoms with Gasteiger partial charge in [0.15, 0.2) is 5.78 Å². The van der Waals surface area contributed by atoms with E-state index in [1.807, 2.05) is 17.0 Å². The predicted molar refractivity (Wildman–Crippen MR) is 86.0 cm³/mol. The fourth-order valence-corrected chi connectivity index (χ4v) is 2.90. The van der Waals surface area contributed by atoms with Crippen LogP contribution in [0.1, 0.15) is 29.3 Å². The minimum absolute atomic E-state index is 0.0752. The Labute approximate surface area is 134 Å². The largest absolute Gasteiger partial charge is 0.372 e. The molecule has 120 valence electrons. The Morgan fingerprint density at radius 2 is 2.13 bits per heavy atom. The second-order valence-corrected chi connectivity index (χ2v) is 5.71. The van der Waals surface area contributed by atoms with E-state index in [4.69, 9.17) is 4.74 Å². The molecule has 23 heavy (non-hydrogen) atoms. The molecule has 0 N–H and O–H groups in total. The number of hydrogen-bond donors (Lipinski definition) is 0. The van der Waals surface area contributed by atoms with Gasteiger partial charge in [-0.2, -0.15) is 0 Å². The van der Waals surface area contributed by atoms with Gasteiger partial charge in [-0.15, -0.1) is 0 Å². The third-order valence-corrected chi connectivity index (χ3v) is 4.06. The van der Waals surface area contributed by atoms with Gasteiger partial charge in [0.25, 0.3) is 0 Å². The van der Waals surface area contributed by atoms with Crippen LogP contribution >= 0.6 is 0 Å². The third-order valence-electron chi connectivity index (χ3n) is 4.06. The number of anilines is 1. The number of ketones is 1. The third kappa shape index (κ3) is 3.56. The molecule has 1 saturated heterocycles. The van der Waals surface area contributed by atoms with Gasteiger partial charge in [-0.1, -0.05) is 6.07 Å². The fraction of sp³-hybridized carbons (Fsp3) is 0.333. The van der Waals surface area contributed by atoms with Crippen LogP contribution in [-0.2, 0) is 11.3 Å². The second kappa shape index (κ2) is 6.87. The summed E-state index contributed by atoms with van der Waals surface area (Å²) in [5.41, 5.74) is 1.91. The predicted octanol–water partition coefficient (Wildman–Crippen LogP) is 3.22. The molecule has 5 heteroatoms. The maximum absolute atomic E-state index is 13.9. The van der Waals surface area contributed by atoms with Crippen molar-refractivity contribution in [3.8, 4) is 0 Å². The van der Waals surface area contributed by atoms with Crippen LogP contribution in [0.5, 0.6) is 0 Å². The van der Waals surface area contributed by atoms with E-state index in [9.17, 15) is 9.18 Å². The average molecular weight is 314 g/mol. The Morgan fingerprint density at radius 1 is 1.35 bits per heavy atom. The molecule has 0 radical (unpaired) electrons. The first-order valence-corrected chi connectivity index (χ1v) is 7.70. The second-order valence-electron chi connectivity index (χ2n) is 5.71. The van der Waals surface area contributed by atoms with Crippen LogP contribution in [0.4, 0.5) is 10.1 Å². The number of nitrogens with zero attached hydrogens (tertiary/aromatic N) is 2. The molecule has 1 aromatic heterocycles. The van der Waals surface area contributed by atoms with Crippen molar-refractivity contribution in [2.24, 2.45) is 0 Å². The molecule has 1 aliphatic heterocycles. The summed E-state index contributed by atoms with van der Waals surface area (Å²) in [6.07, 6.45) is 4.42. The number of ether oxygens (including phenoxy) is 1. The Kier molecular flexibility index (Phi) is 4.67. The van der Waals surface area contributed by atoms with Gasteiger partial charge < -0.3 is 9.64 Å². The quantitative estimate of drug-likeness (QED) is 0.795. The van der Waals surface area contributed by atoms with Crippen molar-refractivity contribution < 1.29 is 13.9 Å². The minimum Gasteiger partial charge on any atom is -0.372 e. The summed E-state index contributed by atoms with van der Waals surface area (Å²) < 4.78 is 19.9. The van der Waals surface area contributed by atoms with Gasteiger partial charge in [0.05, 0.1) is 24.0 Å². The molecule has 1 fully saturated rings. The number of Topliss-reactive ketones (excluding diaryl/α,β-unsaturated/α-hetero) is 1. The van der Waals surface area contributed by atoms with Crippen LogP contribution < -0.4 is 4.90 Å². The zero-order chi connectivity index (χ0) is 16.2. The number of benzene rings is 1. The van der Waals surface area contributed by atoms with Crippen LogP contribution in [0.25, 0.3) is 0 Å². The number of rotatable bonds is 5. The highest BCUT2D eigenvalue weighted by Crippen LogP contribution is 2.28. The first kappa shape index (κ1) is 15.6. The number of aromatic nitrogens is 1. The van der Waals surface area contributed by atoms with E-state index < -0.39 is 5.82 Å². The van der Waals surface area contributed by atoms with Gasteiger partial charge in [0.1, 0.15) is 5.82 Å². The van der Waals surface area contributed by atoms with Crippen molar-refractivity contribution in [1.29, 1.82) is 0 Å². The summed E-state index contributed by atoms with van der Waals surface area (Å²) in [5.74, 6) is -0.713. The van der Waals surface area contributed by atoms with E-state index in [-0.39, 0.29) is 17.5 Å².